The average Bonchev–Trinajstić information content (AvgIpc) is 2.36. The maximum atomic E-state index is 13.3. The van der Waals surface area contributed by atoms with Crippen molar-refractivity contribution in [1.29, 1.82) is 0 Å². The van der Waals surface area contributed by atoms with Gasteiger partial charge in [0.05, 0.1) is 6.04 Å². The van der Waals surface area contributed by atoms with Crippen LogP contribution in [0.5, 0.6) is 0 Å². The van der Waals surface area contributed by atoms with Crippen LogP contribution in [0.2, 0.25) is 0 Å². The molecule has 4 heteroatoms. The minimum Gasteiger partial charge on any atom is -0.314 e. The Labute approximate surface area is 114 Å². The van der Waals surface area contributed by atoms with Gasteiger partial charge in [0.15, 0.2) is 0 Å². The van der Waals surface area contributed by atoms with Crippen molar-refractivity contribution in [1.82, 2.24) is 10.2 Å². The molecule has 0 spiro atoms. The van der Waals surface area contributed by atoms with Crippen molar-refractivity contribution in [2.24, 2.45) is 0 Å². The van der Waals surface area contributed by atoms with Gasteiger partial charge < -0.3 is 5.32 Å². The van der Waals surface area contributed by atoms with Gasteiger partial charge in [-0.2, -0.15) is 0 Å². The maximum absolute atomic E-state index is 13.3. The van der Waals surface area contributed by atoms with E-state index in [-0.39, 0.29) is 24.3 Å². The lowest BCUT2D eigenvalue weighted by Gasteiger charge is -2.33. The van der Waals surface area contributed by atoms with Crippen LogP contribution in [0.15, 0.2) is 30.9 Å². The zero-order valence-corrected chi connectivity index (χ0v) is 11.5. The first-order valence-corrected chi connectivity index (χ1v) is 6.06. The van der Waals surface area contributed by atoms with E-state index in [1.165, 1.54) is 0 Å². The lowest BCUT2D eigenvalue weighted by Crippen LogP contribution is -2.44. The van der Waals surface area contributed by atoms with Gasteiger partial charge in [-0.05, 0) is 24.1 Å². The van der Waals surface area contributed by atoms with Crippen LogP contribution >= 0.6 is 12.4 Å². The molecule has 1 aromatic rings. The lowest BCUT2D eigenvalue weighted by molar-refractivity contribution is 0.203. The number of rotatable bonds is 3. The minimum atomic E-state index is -0.142. The minimum absolute atomic E-state index is 0. The summed E-state index contributed by atoms with van der Waals surface area (Å²) >= 11 is 0. The second-order valence-electron chi connectivity index (χ2n) is 4.48. The van der Waals surface area contributed by atoms with Gasteiger partial charge in [0, 0.05) is 26.2 Å². The molecule has 0 bridgehead atoms. The molecule has 1 aliphatic heterocycles. The first-order valence-electron chi connectivity index (χ1n) is 6.06. The van der Waals surface area contributed by atoms with Crippen LogP contribution in [0.4, 0.5) is 4.39 Å². The molecule has 1 saturated heterocycles. The highest BCUT2D eigenvalue weighted by Gasteiger charge is 2.19. The number of nitrogens with one attached hydrogen (secondary N) is 1. The van der Waals surface area contributed by atoms with Crippen molar-refractivity contribution in [3.8, 4) is 0 Å². The van der Waals surface area contributed by atoms with E-state index in [2.05, 4.69) is 16.8 Å². The fraction of sp³-hybridized carbons (Fsp3) is 0.429. The number of aryl methyl sites for hydroxylation is 1. The highest BCUT2D eigenvalue weighted by Crippen LogP contribution is 2.23. The van der Waals surface area contributed by atoms with Crippen molar-refractivity contribution >= 4 is 12.4 Å². The Hall–Kier alpha value is -0.900. The molecule has 1 aliphatic rings. The molecule has 0 unspecified atom stereocenters. The summed E-state index contributed by atoms with van der Waals surface area (Å²) in [5.41, 5.74) is 1.82. The zero-order chi connectivity index (χ0) is 12.3. The molecule has 1 N–H and O–H groups in total. The van der Waals surface area contributed by atoms with Crippen molar-refractivity contribution < 1.29 is 4.39 Å². The van der Waals surface area contributed by atoms with Gasteiger partial charge >= 0.3 is 0 Å². The molecule has 1 aromatic carbocycles. The van der Waals surface area contributed by atoms with Gasteiger partial charge in [-0.15, -0.1) is 19.0 Å². The first kappa shape index (κ1) is 15.2. The zero-order valence-electron chi connectivity index (χ0n) is 10.7. The third-order valence-corrected chi connectivity index (χ3v) is 3.29. The molecular formula is C14H20ClFN2. The molecule has 1 heterocycles. The van der Waals surface area contributed by atoms with Gasteiger partial charge in [-0.1, -0.05) is 18.2 Å². The summed E-state index contributed by atoms with van der Waals surface area (Å²) in [6, 6.07) is 5.51. The van der Waals surface area contributed by atoms with Crippen LogP contribution in [0, 0.1) is 12.7 Å². The maximum Gasteiger partial charge on any atom is 0.126 e. The van der Waals surface area contributed by atoms with Crippen molar-refractivity contribution in [2.75, 3.05) is 26.2 Å². The normalized spacial score (nSPS) is 17.9. The second kappa shape index (κ2) is 6.88. The second-order valence-corrected chi connectivity index (χ2v) is 4.48. The molecule has 0 saturated carbocycles. The Morgan fingerprint density at radius 3 is 2.61 bits per heavy atom. The SMILES string of the molecule is C=C[C@@H](c1ccc(F)c(C)c1)N1CCNCC1.Cl. The molecule has 1 fully saturated rings. The van der Waals surface area contributed by atoms with Crippen LogP contribution in [0.1, 0.15) is 17.2 Å². The third-order valence-electron chi connectivity index (χ3n) is 3.29. The summed E-state index contributed by atoms with van der Waals surface area (Å²) in [5, 5.41) is 3.33. The van der Waals surface area contributed by atoms with E-state index < -0.39 is 0 Å². The van der Waals surface area contributed by atoms with Crippen molar-refractivity contribution in [3.05, 3.63) is 47.8 Å². The van der Waals surface area contributed by atoms with Gasteiger partial charge in [-0.25, -0.2) is 4.39 Å². The predicted octanol–water partition coefficient (Wildman–Crippen LogP) is 2.69. The summed E-state index contributed by atoms with van der Waals surface area (Å²) in [4.78, 5) is 2.37. The van der Waals surface area contributed by atoms with Crippen LogP contribution in [0.3, 0.4) is 0 Å². The number of benzene rings is 1. The van der Waals surface area contributed by atoms with Crippen molar-refractivity contribution in [3.63, 3.8) is 0 Å². The molecule has 2 nitrogen and oxygen atoms in total. The fourth-order valence-corrected chi connectivity index (χ4v) is 2.31. The predicted molar refractivity (Wildman–Crippen MR) is 75.8 cm³/mol. The number of nitrogens with zero attached hydrogens (tertiary/aromatic N) is 1. The lowest BCUT2D eigenvalue weighted by atomic mass is 10.0. The summed E-state index contributed by atoms with van der Waals surface area (Å²) in [5.74, 6) is -0.142. The van der Waals surface area contributed by atoms with Gasteiger partial charge in [0.2, 0.25) is 0 Å². The number of hydrogen-bond acceptors (Lipinski definition) is 2. The summed E-state index contributed by atoms with van der Waals surface area (Å²) < 4.78 is 13.3. The summed E-state index contributed by atoms with van der Waals surface area (Å²) in [6.45, 7) is 9.73. The number of halogens is 2. The monoisotopic (exact) mass is 270 g/mol. The summed E-state index contributed by atoms with van der Waals surface area (Å²) in [7, 11) is 0. The van der Waals surface area contributed by atoms with Crippen LogP contribution in [-0.4, -0.2) is 31.1 Å². The van der Waals surface area contributed by atoms with E-state index >= 15 is 0 Å². The molecule has 0 aromatic heterocycles. The van der Waals surface area contributed by atoms with E-state index in [0.717, 1.165) is 31.7 Å². The van der Waals surface area contributed by atoms with E-state index in [1.54, 1.807) is 13.0 Å². The van der Waals surface area contributed by atoms with Crippen molar-refractivity contribution in [2.45, 2.75) is 13.0 Å². The summed E-state index contributed by atoms with van der Waals surface area (Å²) in [6.07, 6.45) is 1.94. The first-order chi connectivity index (χ1) is 8.22. The van der Waals surface area contributed by atoms with E-state index in [9.17, 15) is 4.39 Å². The molecule has 0 radical (unpaired) electrons. The molecule has 18 heavy (non-hydrogen) atoms. The highest BCUT2D eigenvalue weighted by molar-refractivity contribution is 5.85. The van der Waals surface area contributed by atoms with Gasteiger partial charge in [0.25, 0.3) is 0 Å². The Balaban J connectivity index is 0.00000162. The average molecular weight is 271 g/mol. The topological polar surface area (TPSA) is 15.3 Å². The Kier molecular flexibility index (Phi) is 5.79. The van der Waals surface area contributed by atoms with Crippen LogP contribution in [-0.2, 0) is 0 Å². The number of piperazine rings is 1. The fourth-order valence-electron chi connectivity index (χ4n) is 2.31. The van der Waals surface area contributed by atoms with E-state index in [0.29, 0.717) is 5.56 Å². The Morgan fingerprint density at radius 2 is 2.06 bits per heavy atom. The highest BCUT2D eigenvalue weighted by atomic mass is 35.5. The molecular weight excluding hydrogens is 251 g/mol. The molecule has 1 atom stereocenters. The van der Waals surface area contributed by atoms with E-state index in [4.69, 9.17) is 0 Å². The Morgan fingerprint density at radius 1 is 1.39 bits per heavy atom. The molecule has 0 amide bonds. The van der Waals surface area contributed by atoms with Crippen LogP contribution in [0.25, 0.3) is 0 Å². The molecule has 0 aliphatic carbocycles. The Bertz CT molecular complexity index is 403. The van der Waals surface area contributed by atoms with Crippen LogP contribution < -0.4 is 5.32 Å². The van der Waals surface area contributed by atoms with Gasteiger partial charge in [-0.3, -0.25) is 4.90 Å². The standard InChI is InChI=1S/C14H19FN2.ClH/c1-3-14(17-8-6-16-7-9-17)12-4-5-13(15)11(2)10-12;/h3-5,10,14,16H,1,6-9H2,2H3;1H/t14-;/m0./s1. The van der Waals surface area contributed by atoms with Gasteiger partial charge in [0.1, 0.15) is 5.82 Å². The quantitative estimate of drug-likeness (QED) is 0.850. The smallest absolute Gasteiger partial charge is 0.126 e. The molecule has 2 rings (SSSR count). The largest absolute Gasteiger partial charge is 0.314 e. The third kappa shape index (κ3) is 3.31. The molecule has 100 valence electrons. The number of hydrogen-bond donors (Lipinski definition) is 1. The van der Waals surface area contributed by atoms with E-state index in [1.807, 2.05) is 18.2 Å².